The first kappa shape index (κ1) is 17.4. The number of carbonyl (C=O) groups excluding carboxylic acids is 2. The lowest BCUT2D eigenvalue weighted by Gasteiger charge is -2.49. The minimum atomic E-state index is -0.325. The van der Waals surface area contributed by atoms with Crippen LogP contribution in [0.5, 0.6) is 11.5 Å². The summed E-state index contributed by atoms with van der Waals surface area (Å²) in [5, 5.41) is 0. The van der Waals surface area contributed by atoms with E-state index in [2.05, 4.69) is 6.92 Å². The summed E-state index contributed by atoms with van der Waals surface area (Å²) in [5.74, 6) is 2.28. The van der Waals surface area contributed by atoms with Crippen molar-refractivity contribution in [1.82, 2.24) is 0 Å². The van der Waals surface area contributed by atoms with Crippen molar-refractivity contribution in [3.8, 4) is 11.5 Å². The van der Waals surface area contributed by atoms with Crippen LogP contribution in [-0.2, 0) is 14.3 Å². The molecule has 0 saturated heterocycles. The van der Waals surface area contributed by atoms with Crippen LogP contribution >= 0.6 is 0 Å². The molecule has 2 aliphatic carbocycles. The van der Waals surface area contributed by atoms with Gasteiger partial charge in [-0.3, -0.25) is 9.59 Å². The molecule has 0 bridgehead atoms. The molecule has 5 nitrogen and oxygen atoms in total. The maximum absolute atomic E-state index is 11.5. The summed E-state index contributed by atoms with van der Waals surface area (Å²) in [4.78, 5) is 22.7. The van der Waals surface area contributed by atoms with E-state index in [-0.39, 0.29) is 23.5 Å². The van der Waals surface area contributed by atoms with Gasteiger partial charge in [0.2, 0.25) is 0 Å². The molecular formula is C21H26O5. The first-order valence-electron chi connectivity index (χ1n) is 9.51. The van der Waals surface area contributed by atoms with Gasteiger partial charge in [0, 0.05) is 31.2 Å². The van der Waals surface area contributed by atoms with Gasteiger partial charge in [-0.15, -0.1) is 0 Å². The smallest absolute Gasteiger partial charge is 0.308 e. The van der Waals surface area contributed by atoms with Crippen LogP contribution in [0.2, 0.25) is 0 Å². The second-order valence-electron chi connectivity index (χ2n) is 8.20. The SMILES string of the molecule is CC(=O)Oc1ccc2c(c1)OC[C@H]1[C@@H]2CC[C@]2(C)[C@@H](OC(C)=O)CC[C@@H]12. The average molecular weight is 358 g/mol. The summed E-state index contributed by atoms with van der Waals surface area (Å²) in [6.45, 7) is 5.86. The summed E-state index contributed by atoms with van der Waals surface area (Å²) in [7, 11) is 0. The van der Waals surface area contributed by atoms with E-state index in [0.717, 1.165) is 31.4 Å². The highest BCUT2D eigenvalue weighted by atomic mass is 16.5. The van der Waals surface area contributed by atoms with Crippen LogP contribution in [0.25, 0.3) is 0 Å². The Kier molecular flexibility index (Phi) is 4.20. The van der Waals surface area contributed by atoms with Gasteiger partial charge >= 0.3 is 11.9 Å². The standard InChI is InChI=1S/C21H26O5/c1-12(22)25-14-4-5-16-15-8-9-21(3)18(6-7-20(21)26-13(2)23)17(15)11-24-19(16)10-14/h4-5,10,15,17-18,20H,6-9,11H2,1-3H3/t15-,17+,18+,20+,21+/m1/s1. The molecule has 2 fully saturated rings. The lowest BCUT2D eigenvalue weighted by molar-refractivity contribution is -0.155. The zero-order valence-corrected chi connectivity index (χ0v) is 15.6. The third-order valence-electron chi connectivity index (χ3n) is 6.74. The van der Waals surface area contributed by atoms with Crippen LogP contribution < -0.4 is 9.47 Å². The molecule has 0 aromatic heterocycles. The third kappa shape index (κ3) is 2.78. The van der Waals surface area contributed by atoms with Crippen molar-refractivity contribution in [3.63, 3.8) is 0 Å². The van der Waals surface area contributed by atoms with Gasteiger partial charge in [-0.05, 0) is 49.1 Å². The van der Waals surface area contributed by atoms with Gasteiger partial charge in [-0.25, -0.2) is 0 Å². The zero-order valence-electron chi connectivity index (χ0n) is 15.6. The number of ether oxygens (including phenoxy) is 3. The first-order chi connectivity index (χ1) is 12.4. The average Bonchev–Trinajstić information content (AvgIpc) is 2.90. The van der Waals surface area contributed by atoms with Gasteiger partial charge in [0.15, 0.2) is 0 Å². The number of hydrogen-bond acceptors (Lipinski definition) is 5. The van der Waals surface area contributed by atoms with Gasteiger partial charge < -0.3 is 14.2 Å². The van der Waals surface area contributed by atoms with Crippen molar-refractivity contribution in [2.24, 2.45) is 17.3 Å². The maximum atomic E-state index is 11.5. The minimum Gasteiger partial charge on any atom is -0.493 e. The number of fused-ring (bicyclic) bond motifs is 5. The molecule has 2 saturated carbocycles. The van der Waals surface area contributed by atoms with Crippen LogP contribution in [-0.4, -0.2) is 24.6 Å². The van der Waals surface area contributed by atoms with Gasteiger partial charge in [0.25, 0.3) is 0 Å². The molecule has 0 spiro atoms. The van der Waals surface area contributed by atoms with Crippen molar-refractivity contribution in [1.29, 1.82) is 0 Å². The second kappa shape index (κ2) is 6.29. The van der Waals surface area contributed by atoms with E-state index < -0.39 is 0 Å². The number of carbonyl (C=O) groups is 2. The van der Waals surface area contributed by atoms with Crippen LogP contribution in [0, 0.1) is 17.3 Å². The molecule has 0 unspecified atom stereocenters. The van der Waals surface area contributed by atoms with Crippen molar-refractivity contribution in [2.75, 3.05) is 6.61 Å². The third-order valence-corrected chi connectivity index (χ3v) is 6.74. The van der Waals surface area contributed by atoms with E-state index in [1.807, 2.05) is 18.2 Å². The summed E-state index contributed by atoms with van der Waals surface area (Å²) < 4.78 is 16.9. The minimum absolute atomic E-state index is 0.0266. The van der Waals surface area contributed by atoms with E-state index in [9.17, 15) is 9.59 Å². The topological polar surface area (TPSA) is 61.8 Å². The number of rotatable bonds is 2. The van der Waals surface area contributed by atoms with Gasteiger partial charge in [-0.2, -0.15) is 0 Å². The summed E-state index contributed by atoms with van der Waals surface area (Å²) in [6.07, 6.45) is 4.18. The molecule has 0 radical (unpaired) electrons. The molecule has 1 aromatic carbocycles. The maximum Gasteiger partial charge on any atom is 0.308 e. The predicted octanol–water partition coefficient (Wildman–Crippen LogP) is 3.85. The van der Waals surface area contributed by atoms with E-state index in [0.29, 0.717) is 30.1 Å². The molecule has 4 rings (SSSR count). The van der Waals surface area contributed by atoms with Crippen molar-refractivity contribution < 1.29 is 23.8 Å². The first-order valence-corrected chi connectivity index (χ1v) is 9.51. The Bertz CT molecular complexity index is 742. The molecule has 1 aromatic rings. The molecule has 5 heteroatoms. The van der Waals surface area contributed by atoms with Crippen molar-refractivity contribution in [3.05, 3.63) is 23.8 Å². The lowest BCUT2D eigenvalue weighted by Crippen LogP contribution is -2.46. The van der Waals surface area contributed by atoms with Crippen LogP contribution in [0.1, 0.15) is 57.9 Å². The molecule has 140 valence electrons. The summed E-state index contributed by atoms with van der Waals surface area (Å²) >= 11 is 0. The molecule has 1 aliphatic heterocycles. The zero-order chi connectivity index (χ0) is 18.5. The quantitative estimate of drug-likeness (QED) is 0.594. The van der Waals surface area contributed by atoms with Gasteiger partial charge in [0.1, 0.15) is 17.6 Å². The largest absolute Gasteiger partial charge is 0.493 e. The van der Waals surface area contributed by atoms with Crippen molar-refractivity contribution >= 4 is 11.9 Å². The van der Waals surface area contributed by atoms with E-state index in [1.54, 1.807) is 0 Å². The molecule has 0 N–H and O–H groups in total. The molecule has 3 aliphatic rings. The molecular weight excluding hydrogens is 332 g/mol. The lowest BCUT2D eigenvalue weighted by atomic mass is 9.58. The van der Waals surface area contributed by atoms with Crippen molar-refractivity contribution in [2.45, 2.75) is 58.5 Å². The Balaban J connectivity index is 1.58. The number of hydrogen-bond donors (Lipinski definition) is 0. The number of benzene rings is 1. The molecule has 0 amide bonds. The fourth-order valence-electron chi connectivity index (χ4n) is 5.61. The Morgan fingerprint density at radius 1 is 1.15 bits per heavy atom. The van der Waals surface area contributed by atoms with E-state index in [4.69, 9.17) is 14.2 Å². The molecule has 26 heavy (non-hydrogen) atoms. The fraction of sp³-hybridized carbons (Fsp3) is 0.619. The van der Waals surface area contributed by atoms with Crippen LogP contribution in [0.4, 0.5) is 0 Å². The Morgan fingerprint density at radius 3 is 2.69 bits per heavy atom. The molecule has 1 heterocycles. The second-order valence-corrected chi connectivity index (χ2v) is 8.20. The number of esters is 2. The fourth-order valence-corrected chi connectivity index (χ4v) is 5.61. The molecule has 5 atom stereocenters. The summed E-state index contributed by atoms with van der Waals surface area (Å²) in [5.41, 5.74) is 1.26. The highest BCUT2D eigenvalue weighted by molar-refractivity contribution is 5.69. The predicted molar refractivity (Wildman–Crippen MR) is 95.1 cm³/mol. The highest BCUT2D eigenvalue weighted by Crippen LogP contribution is 2.61. The van der Waals surface area contributed by atoms with E-state index in [1.165, 1.54) is 19.4 Å². The monoisotopic (exact) mass is 358 g/mol. The van der Waals surface area contributed by atoms with Gasteiger partial charge in [0.05, 0.1) is 6.61 Å². The highest BCUT2D eigenvalue weighted by Gasteiger charge is 2.56. The van der Waals surface area contributed by atoms with Crippen LogP contribution in [0.15, 0.2) is 18.2 Å². The van der Waals surface area contributed by atoms with Crippen LogP contribution in [0.3, 0.4) is 0 Å². The Morgan fingerprint density at radius 2 is 1.96 bits per heavy atom. The normalized spacial score (nSPS) is 34.7. The Labute approximate surface area is 154 Å². The Hall–Kier alpha value is -2.04. The summed E-state index contributed by atoms with van der Waals surface area (Å²) in [6, 6.07) is 5.73. The van der Waals surface area contributed by atoms with Gasteiger partial charge in [-0.1, -0.05) is 13.0 Å². The van der Waals surface area contributed by atoms with E-state index >= 15 is 0 Å².